The van der Waals surface area contributed by atoms with Crippen molar-refractivity contribution >= 4 is 16.7 Å². The molecule has 1 heterocycles. The molecule has 1 saturated heterocycles. The van der Waals surface area contributed by atoms with Gasteiger partial charge in [0.15, 0.2) is 0 Å². The molecular formula is C12H22N2O2S. The third-order valence-electron chi connectivity index (χ3n) is 3.98. The Kier molecular flexibility index (Phi) is 4.56. The van der Waals surface area contributed by atoms with Gasteiger partial charge in [0.05, 0.1) is 6.04 Å². The molecule has 2 rings (SSSR count). The van der Waals surface area contributed by atoms with Gasteiger partial charge in [-0.05, 0) is 31.2 Å². The second-order valence-electron chi connectivity index (χ2n) is 4.96. The standard InChI is InChI=1S/C12H22N2O2S/c1-2-17(16)7-6-13-12(15)11-10-5-3-4-9(10)8-14-11/h9-11,14H,2-8H2,1H3,(H,13,15). The van der Waals surface area contributed by atoms with Crippen LogP contribution < -0.4 is 10.6 Å². The van der Waals surface area contributed by atoms with Gasteiger partial charge in [0, 0.05) is 28.9 Å². The average molecular weight is 258 g/mol. The zero-order valence-corrected chi connectivity index (χ0v) is 11.2. The van der Waals surface area contributed by atoms with E-state index in [1.807, 2.05) is 6.92 Å². The SMILES string of the molecule is CCS(=O)CCNC(=O)C1NCC2CCCC21. The highest BCUT2D eigenvalue weighted by Gasteiger charge is 2.42. The first-order valence-corrected chi connectivity index (χ1v) is 8.07. The van der Waals surface area contributed by atoms with Crippen molar-refractivity contribution in [1.29, 1.82) is 0 Å². The number of fused-ring (bicyclic) bond motifs is 1. The van der Waals surface area contributed by atoms with Gasteiger partial charge in [0.25, 0.3) is 0 Å². The lowest BCUT2D eigenvalue weighted by atomic mass is 9.94. The van der Waals surface area contributed by atoms with Gasteiger partial charge in [-0.3, -0.25) is 9.00 Å². The molecule has 1 amide bonds. The molecule has 2 fully saturated rings. The summed E-state index contributed by atoms with van der Waals surface area (Å²) in [4.78, 5) is 12.0. The van der Waals surface area contributed by atoms with E-state index >= 15 is 0 Å². The molecule has 0 aromatic heterocycles. The largest absolute Gasteiger partial charge is 0.354 e. The van der Waals surface area contributed by atoms with Crippen LogP contribution in [0.3, 0.4) is 0 Å². The summed E-state index contributed by atoms with van der Waals surface area (Å²) >= 11 is 0. The number of rotatable bonds is 5. The van der Waals surface area contributed by atoms with Crippen LogP contribution in [0.15, 0.2) is 0 Å². The van der Waals surface area contributed by atoms with Crippen LogP contribution in [0.4, 0.5) is 0 Å². The molecule has 0 aromatic rings. The first-order chi connectivity index (χ1) is 8.22. The third-order valence-corrected chi connectivity index (χ3v) is 5.28. The Balaban J connectivity index is 1.74. The predicted octanol–water partition coefficient (Wildman–Crippen LogP) is 0.259. The minimum atomic E-state index is -0.785. The van der Waals surface area contributed by atoms with E-state index in [0.29, 0.717) is 29.9 Å². The number of hydrogen-bond donors (Lipinski definition) is 2. The van der Waals surface area contributed by atoms with Crippen molar-refractivity contribution in [2.45, 2.75) is 32.2 Å². The van der Waals surface area contributed by atoms with E-state index in [1.54, 1.807) is 0 Å². The Morgan fingerprint density at radius 2 is 2.29 bits per heavy atom. The second kappa shape index (κ2) is 5.96. The van der Waals surface area contributed by atoms with Crippen molar-refractivity contribution in [3.05, 3.63) is 0 Å². The summed E-state index contributed by atoms with van der Waals surface area (Å²) in [5.74, 6) is 2.58. The van der Waals surface area contributed by atoms with Crippen LogP contribution in [0.25, 0.3) is 0 Å². The second-order valence-corrected chi connectivity index (χ2v) is 6.83. The number of amides is 1. The molecular weight excluding hydrogens is 236 g/mol. The molecule has 0 spiro atoms. The Labute approximate surface area is 105 Å². The molecule has 1 aliphatic carbocycles. The average Bonchev–Trinajstić information content (AvgIpc) is 2.89. The minimum Gasteiger partial charge on any atom is -0.354 e. The highest BCUT2D eigenvalue weighted by Crippen LogP contribution is 2.37. The molecule has 0 aromatic carbocycles. The van der Waals surface area contributed by atoms with E-state index in [0.717, 1.165) is 6.54 Å². The molecule has 0 radical (unpaired) electrons. The molecule has 1 saturated carbocycles. The fraction of sp³-hybridized carbons (Fsp3) is 0.917. The van der Waals surface area contributed by atoms with Crippen molar-refractivity contribution < 1.29 is 9.00 Å². The summed E-state index contributed by atoms with van der Waals surface area (Å²) in [5.41, 5.74) is 0. The van der Waals surface area contributed by atoms with E-state index < -0.39 is 10.8 Å². The van der Waals surface area contributed by atoms with Gasteiger partial charge < -0.3 is 10.6 Å². The Morgan fingerprint density at radius 3 is 3.06 bits per heavy atom. The lowest BCUT2D eigenvalue weighted by Crippen LogP contribution is -2.44. The minimum absolute atomic E-state index is 0.00226. The first-order valence-electron chi connectivity index (χ1n) is 6.58. The van der Waals surface area contributed by atoms with Crippen LogP contribution in [0.2, 0.25) is 0 Å². The van der Waals surface area contributed by atoms with E-state index in [2.05, 4.69) is 10.6 Å². The normalized spacial score (nSPS) is 33.4. The molecule has 4 unspecified atom stereocenters. The van der Waals surface area contributed by atoms with E-state index in [9.17, 15) is 9.00 Å². The van der Waals surface area contributed by atoms with Crippen LogP contribution in [0.5, 0.6) is 0 Å². The fourth-order valence-electron chi connectivity index (χ4n) is 3.02. The number of carbonyl (C=O) groups excluding carboxylic acids is 1. The van der Waals surface area contributed by atoms with E-state index in [4.69, 9.17) is 0 Å². The monoisotopic (exact) mass is 258 g/mol. The zero-order valence-electron chi connectivity index (χ0n) is 10.4. The number of hydrogen-bond acceptors (Lipinski definition) is 3. The number of carbonyl (C=O) groups is 1. The van der Waals surface area contributed by atoms with Gasteiger partial charge in [-0.1, -0.05) is 13.3 Å². The quantitative estimate of drug-likeness (QED) is 0.744. The summed E-state index contributed by atoms with van der Waals surface area (Å²) < 4.78 is 11.2. The van der Waals surface area contributed by atoms with Gasteiger partial charge in [-0.2, -0.15) is 0 Å². The fourth-order valence-corrected chi connectivity index (χ4v) is 3.64. The summed E-state index contributed by atoms with van der Waals surface area (Å²) in [6.45, 7) is 3.43. The molecule has 5 heteroatoms. The lowest BCUT2D eigenvalue weighted by Gasteiger charge is -2.17. The van der Waals surface area contributed by atoms with Gasteiger partial charge >= 0.3 is 0 Å². The van der Waals surface area contributed by atoms with E-state index in [-0.39, 0.29) is 11.9 Å². The summed E-state index contributed by atoms with van der Waals surface area (Å²) in [6.07, 6.45) is 3.71. The smallest absolute Gasteiger partial charge is 0.237 e. The maximum atomic E-state index is 12.0. The van der Waals surface area contributed by atoms with Crippen molar-refractivity contribution in [2.75, 3.05) is 24.6 Å². The van der Waals surface area contributed by atoms with E-state index in [1.165, 1.54) is 19.3 Å². The maximum absolute atomic E-state index is 12.0. The van der Waals surface area contributed by atoms with Crippen molar-refractivity contribution in [3.8, 4) is 0 Å². The molecule has 1 aliphatic heterocycles. The van der Waals surface area contributed by atoms with Crippen LogP contribution >= 0.6 is 0 Å². The van der Waals surface area contributed by atoms with Crippen molar-refractivity contribution in [2.24, 2.45) is 11.8 Å². The molecule has 2 N–H and O–H groups in total. The van der Waals surface area contributed by atoms with Crippen LogP contribution in [0, 0.1) is 11.8 Å². The summed E-state index contributed by atoms with van der Waals surface area (Å²) in [6, 6.07) is -0.00226. The highest BCUT2D eigenvalue weighted by molar-refractivity contribution is 7.84. The third kappa shape index (κ3) is 3.07. The van der Waals surface area contributed by atoms with Crippen LogP contribution in [-0.4, -0.2) is 40.8 Å². The van der Waals surface area contributed by atoms with Gasteiger partial charge in [0.1, 0.15) is 0 Å². The van der Waals surface area contributed by atoms with Crippen molar-refractivity contribution in [1.82, 2.24) is 10.6 Å². The Bertz CT molecular complexity index is 309. The number of nitrogens with one attached hydrogen (secondary N) is 2. The molecule has 4 nitrogen and oxygen atoms in total. The molecule has 98 valence electrons. The molecule has 17 heavy (non-hydrogen) atoms. The first kappa shape index (κ1) is 13.0. The van der Waals surface area contributed by atoms with Crippen LogP contribution in [-0.2, 0) is 15.6 Å². The molecule has 0 bridgehead atoms. The zero-order chi connectivity index (χ0) is 12.3. The maximum Gasteiger partial charge on any atom is 0.237 e. The van der Waals surface area contributed by atoms with Gasteiger partial charge in [-0.15, -0.1) is 0 Å². The summed E-state index contributed by atoms with van der Waals surface area (Å²) in [5, 5.41) is 6.23. The topological polar surface area (TPSA) is 58.2 Å². The van der Waals surface area contributed by atoms with Crippen molar-refractivity contribution in [3.63, 3.8) is 0 Å². The lowest BCUT2D eigenvalue weighted by molar-refractivity contribution is -0.123. The Morgan fingerprint density at radius 1 is 1.47 bits per heavy atom. The Hall–Kier alpha value is -0.420. The molecule has 4 atom stereocenters. The van der Waals surface area contributed by atoms with Gasteiger partial charge in [0.2, 0.25) is 5.91 Å². The van der Waals surface area contributed by atoms with Gasteiger partial charge in [-0.25, -0.2) is 0 Å². The summed E-state index contributed by atoms with van der Waals surface area (Å²) in [7, 11) is -0.785. The molecule has 2 aliphatic rings. The van der Waals surface area contributed by atoms with Crippen LogP contribution in [0.1, 0.15) is 26.2 Å². The predicted molar refractivity (Wildman–Crippen MR) is 69.2 cm³/mol. The highest BCUT2D eigenvalue weighted by atomic mass is 32.2.